The number of benzene rings is 1. The first-order chi connectivity index (χ1) is 12.8. The Balaban J connectivity index is 1.71. The van der Waals surface area contributed by atoms with E-state index in [-0.39, 0.29) is 16.1 Å². The van der Waals surface area contributed by atoms with Crippen LogP contribution >= 0.6 is 11.3 Å². The van der Waals surface area contributed by atoms with Gasteiger partial charge in [0.05, 0.1) is 11.1 Å². The fraction of sp³-hybridized carbons (Fsp3) is 0.222. The fourth-order valence-corrected chi connectivity index (χ4v) is 3.67. The molecule has 3 aromatic rings. The maximum Gasteiger partial charge on any atom is 0.349 e. The van der Waals surface area contributed by atoms with Crippen molar-refractivity contribution in [3.63, 3.8) is 0 Å². The normalized spacial score (nSPS) is 10.8. The zero-order chi connectivity index (χ0) is 19.7. The minimum atomic E-state index is -0.743. The fourth-order valence-electron chi connectivity index (χ4n) is 2.55. The molecular weight excluding hydrogens is 373 g/mol. The number of halogens is 1. The van der Waals surface area contributed by atoms with Crippen LogP contribution in [0, 0.1) is 26.6 Å². The van der Waals surface area contributed by atoms with Gasteiger partial charge in [-0.05, 0) is 44.0 Å². The number of nitrogens with one attached hydrogen (secondary N) is 2. The van der Waals surface area contributed by atoms with Crippen LogP contribution in [0.2, 0.25) is 0 Å². The van der Waals surface area contributed by atoms with Crippen molar-refractivity contribution in [3.8, 4) is 0 Å². The summed E-state index contributed by atoms with van der Waals surface area (Å²) in [6.45, 7) is 4.40. The third-order valence-corrected chi connectivity index (χ3v) is 5.00. The molecule has 3 rings (SSSR count). The number of aromatic amines is 1. The van der Waals surface area contributed by atoms with Gasteiger partial charge in [0.15, 0.2) is 6.61 Å². The summed E-state index contributed by atoms with van der Waals surface area (Å²) in [7, 11) is 0. The Hall–Kier alpha value is -3.07. The lowest BCUT2D eigenvalue weighted by atomic mass is 10.2. The zero-order valence-electron chi connectivity index (χ0n) is 14.8. The van der Waals surface area contributed by atoms with E-state index in [0.29, 0.717) is 21.6 Å². The molecule has 2 aromatic heterocycles. The van der Waals surface area contributed by atoms with Gasteiger partial charge in [-0.25, -0.2) is 14.2 Å². The molecule has 0 spiro atoms. The Morgan fingerprint density at radius 3 is 2.74 bits per heavy atom. The maximum atomic E-state index is 13.8. The van der Waals surface area contributed by atoms with Crippen LogP contribution in [0.25, 0.3) is 10.2 Å². The van der Waals surface area contributed by atoms with Crippen molar-refractivity contribution >= 4 is 39.1 Å². The number of hydrogen-bond donors (Lipinski definition) is 2. The van der Waals surface area contributed by atoms with E-state index in [1.807, 2.05) is 0 Å². The number of nitrogens with zero attached hydrogens (tertiary/aromatic N) is 1. The number of carbonyl (C=O) groups is 2. The number of aromatic nitrogens is 2. The molecule has 0 fully saturated rings. The molecule has 0 unspecified atom stereocenters. The SMILES string of the molecule is Cc1ccc(NC(=O)COC(=O)c2sc3nc(C)[nH]c(=O)c3c2C)c(F)c1. The van der Waals surface area contributed by atoms with E-state index in [4.69, 9.17) is 4.74 Å². The number of thiophene rings is 1. The second-order valence-corrected chi connectivity index (χ2v) is 6.99. The first-order valence-electron chi connectivity index (χ1n) is 7.99. The molecule has 0 atom stereocenters. The van der Waals surface area contributed by atoms with Crippen molar-refractivity contribution < 1.29 is 18.7 Å². The lowest BCUT2D eigenvalue weighted by molar-refractivity contribution is -0.119. The number of ether oxygens (including phenoxy) is 1. The highest BCUT2D eigenvalue weighted by Crippen LogP contribution is 2.27. The predicted molar refractivity (Wildman–Crippen MR) is 99.8 cm³/mol. The van der Waals surface area contributed by atoms with Crippen LogP contribution in [0.1, 0.15) is 26.6 Å². The van der Waals surface area contributed by atoms with Gasteiger partial charge in [-0.1, -0.05) is 6.07 Å². The number of esters is 1. The molecule has 27 heavy (non-hydrogen) atoms. The van der Waals surface area contributed by atoms with E-state index in [9.17, 15) is 18.8 Å². The van der Waals surface area contributed by atoms with Crippen LogP contribution in [-0.2, 0) is 9.53 Å². The molecule has 0 radical (unpaired) electrons. The first-order valence-corrected chi connectivity index (χ1v) is 8.81. The van der Waals surface area contributed by atoms with E-state index >= 15 is 0 Å². The molecule has 9 heteroatoms. The Bertz CT molecular complexity index is 1120. The van der Waals surface area contributed by atoms with Crippen molar-refractivity contribution in [2.24, 2.45) is 0 Å². The molecule has 0 saturated heterocycles. The minimum Gasteiger partial charge on any atom is -0.451 e. The van der Waals surface area contributed by atoms with Crippen molar-refractivity contribution in [1.29, 1.82) is 0 Å². The molecular formula is C18H16FN3O4S. The minimum absolute atomic E-state index is 0.00546. The second-order valence-electron chi connectivity index (χ2n) is 6.00. The maximum absolute atomic E-state index is 13.8. The molecule has 0 saturated carbocycles. The van der Waals surface area contributed by atoms with Gasteiger partial charge < -0.3 is 15.0 Å². The molecule has 1 amide bonds. The highest BCUT2D eigenvalue weighted by molar-refractivity contribution is 7.20. The van der Waals surface area contributed by atoms with Gasteiger partial charge in [-0.3, -0.25) is 9.59 Å². The smallest absolute Gasteiger partial charge is 0.349 e. The average molecular weight is 389 g/mol. The Morgan fingerprint density at radius 2 is 2.04 bits per heavy atom. The summed E-state index contributed by atoms with van der Waals surface area (Å²) in [5, 5.41) is 2.67. The third kappa shape index (κ3) is 3.87. The summed E-state index contributed by atoms with van der Waals surface area (Å²) in [6.07, 6.45) is 0. The van der Waals surface area contributed by atoms with Gasteiger partial charge in [-0.15, -0.1) is 11.3 Å². The van der Waals surface area contributed by atoms with Crippen LogP contribution in [0.15, 0.2) is 23.0 Å². The van der Waals surface area contributed by atoms with Gasteiger partial charge in [0.2, 0.25) is 0 Å². The lowest BCUT2D eigenvalue weighted by Crippen LogP contribution is -2.21. The number of anilines is 1. The molecule has 140 valence electrons. The van der Waals surface area contributed by atoms with E-state index < -0.39 is 24.3 Å². The summed E-state index contributed by atoms with van der Waals surface area (Å²) >= 11 is 1.02. The number of aryl methyl sites for hydroxylation is 3. The van der Waals surface area contributed by atoms with Gasteiger partial charge >= 0.3 is 5.97 Å². The number of rotatable bonds is 4. The van der Waals surface area contributed by atoms with Crippen LogP contribution in [0.4, 0.5) is 10.1 Å². The standard InChI is InChI=1S/C18H16FN3O4S/c1-8-4-5-12(11(19)6-8)22-13(23)7-26-18(25)15-9(2)14-16(24)20-10(3)21-17(14)27-15/h4-6H,7H2,1-3H3,(H,22,23)(H,20,21,24). The number of fused-ring (bicyclic) bond motifs is 1. The third-order valence-electron chi connectivity index (χ3n) is 3.84. The van der Waals surface area contributed by atoms with Gasteiger partial charge in [0.25, 0.3) is 11.5 Å². The zero-order valence-corrected chi connectivity index (χ0v) is 15.6. The van der Waals surface area contributed by atoms with Crippen molar-refractivity contribution in [2.75, 3.05) is 11.9 Å². The van der Waals surface area contributed by atoms with E-state index in [0.717, 1.165) is 16.9 Å². The Morgan fingerprint density at radius 1 is 1.30 bits per heavy atom. The highest BCUT2D eigenvalue weighted by atomic mass is 32.1. The number of hydrogen-bond acceptors (Lipinski definition) is 6. The molecule has 0 aliphatic carbocycles. The monoisotopic (exact) mass is 389 g/mol. The van der Waals surface area contributed by atoms with E-state index in [2.05, 4.69) is 15.3 Å². The van der Waals surface area contributed by atoms with Crippen LogP contribution in [0.3, 0.4) is 0 Å². The van der Waals surface area contributed by atoms with Crippen molar-refractivity contribution in [2.45, 2.75) is 20.8 Å². The molecule has 0 aliphatic rings. The number of amides is 1. The predicted octanol–water partition coefficient (Wildman–Crippen LogP) is 2.84. The number of carbonyl (C=O) groups excluding carboxylic acids is 2. The largest absolute Gasteiger partial charge is 0.451 e. The number of H-pyrrole nitrogens is 1. The summed E-state index contributed by atoms with van der Waals surface area (Å²) in [4.78, 5) is 43.7. The van der Waals surface area contributed by atoms with Crippen molar-refractivity contribution in [3.05, 3.63) is 56.2 Å². The topological polar surface area (TPSA) is 101 Å². The summed E-state index contributed by atoms with van der Waals surface area (Å²) < 4.78 is 18.8. The first kappa shape index (κ1) is 18.7. The Kier molecular flexibility index (Phi) is 5.04. The highest BCUT2D eigenvalue weighted by Gasteiger charge is 2.21. The van der Waals surface area contributed by atoms with Crippen LogP contribution in [0.5, 0.6) is 0 Å². The van der Waals surface area contributed by atoms with Gasteiger partial charge in [-0.2, -0.15) is 0 Å². The quantitative estimate of drug-likeness (QED) is 0.668. The molecule has 0 aliphatic heterocycles. The molecule has 7 nitrogen and oxygen atoms in total. The van der Waals surface area contributed by atoms with Crippen molar-refractivity contribution in [1.82, 2.24) is 9.97 Å². The molecule has 2 N–H and O–H groups in total. The average Bonchev–Trinajstić information content (AvgIpc) is 2.92. The Labute approximate surface area is 157 Å². The lowest BCUT2D eigenvalue weighted by Gasteiger charge is -2.07. The van der Waals surface area contributed by atoms with Crippen LogP contribution in [-0.4, -0.2) is 28.5 Å². The molecule has 1 aromatic carbocycles. The molecule has 0 bridgehead atoms. The summed E-state index contributed by atoms with van der Waals surface area (Å²) in [5.41, 5.74) is 0.832. The van der Waals surface area contributed by atoms with Gasteiger partial charge in [0.1, 0.15) is 21.3 Å². The van der Waals surface area contributed by atoms with Gasteiger partial charge in [0, 0.05) is 0 Å². The van der Waals surface area contributed by atoms with E-state index in [1.165, 1.54) is 12.1 Å². The van der Waals surface area contributed by atoms with Crippen LogP contribution < -0.4 is 10.9 Å². The second kappa shape index (κ2) is 7.28. The molecule has 2 heterocycles. The van der Waals surface area contributed by atoms with E-state index in [1.54, 1.807) is 26.8 Å². The summed E-state index contributed by atoms with van der Waals surface area (Å²) in [5.74, 6) is -1.55. The summed E-state index contributed by atoms with van der Waals surface area (Å²) in [6, 6.07) is 4.37.